The van der Waals surface area contributed by atoms with Crippen molar-refractivity contribution < 1.29 is 33.2 Å². The summed E-state index contributed by atoms with van der Waals surface area (Å²) in [6, 6.07) is 4.22. The lowest BCUT2D eigenvalue weighted by Gasteiger charge is -2.35. The van der Waals surface area contributed by atoms with E-state index in [9.17, 15) is 9.90 Å². The van der Waals surface area contributed by atoms with E-state index in [1.54, 1.807) is 13.2 Å². The van der Waals surface area contributed by atoms with E-state index < -0.39 is 17.8 Å². The Morgan fingerprint density at radius 2 is 2.05 bits per heavy atom. The standard InChI is InChI=1S/C34H48FN3O6/c1-34(2)13-11-28(44-21-34)22-17-26(31(42-4)27(35)18-22)30(33(39)40)38-15-12-24(20-38)43-16-7-5-6-9-23-19-29(41-3)25-10-8-14-36-32(25)37-23/h17-19,24,28,30H,5-16,20-21H2,1-4H3,(H,36,37)(H,39,40)/t24-,28+,30-/m1/s1. The fraction of sp³-hybridized carbons (Fsp3) is 0.647. The quantitative estimate of drug-likeness (QED) is 0.259. The summed E-state index contributed by atoms with van der Waals surface area (Å²) < 4.78 is 38.5. The number of ether oxygens (including phenoxy) is 4. The number of rotatable bonds is 13. The molecule has 0 aliphatic carbocycles. The highest BCUT2D eigenvalue weighted by Gasteiger charge is 2.38. The lowest BCUT2D eigenvalue weighted by Crippen LogP contribution is -2.34. The van der Waals surface area contributed by atoms with E-state index in [0.29, 0.717) is 37.4 Å². The molecule has 44 heavy (non-hydrogen) atoms. The summed E-state index contributed by atoms with van der Waals surface area (Å²) in [6.07, 6.45) is 7.97. The van der Waals surface area contributed by atoms with Crippen LogP contribution in [0.1, 0.15) is 93.3 Å². The van der Waals surface area contributed by atoms with Gasteiger partial charge >= 0.3 is 5.97 Å². The Balaban J connectivity index is 1.13. The predicted octanol–water partition coefficient (Wildman–Crippen LogP) is 6.10. The molecule has 3 aliphatic rings. The van der Waals surface area contributed by atoms with Gasteiger partial charge in [-0.2, -0.15) is 0 Å². The van der Waals surface area contributed by atoms with Gasteiger partial charge in [0.2, 0.25) is 0 Å². The van der Waals surface area contributed by atoms with Gasteiger partial charge < -0.3 is 29.4 Å². The minimum absolute atomic E-state index is 0.0246. The maximum absolute atomic E-state index is 15.3. The van der Waals surface area contributed by atoms with E-state index in [4.69, 9.17) is 23.9 Å². The number of hydrogen-bond acceptors (Lipinski definition) is 8. The number of methoxy groups -OCH3 is 2. The summed E-state index contributed by atoms with van der Waals surface area (Å²) in [7, 11) is 3.10. The largest absolute Gasteiger partial charge is 0.496 e. The number of carbonyl (C=O) groups is 1. The number of unbranched alkanes of at least 4 members (excludes halogenated alkanes) is 2. The van der Waals surface area contributed by atoms with Gasteiger partial charge in [-0.05, 0) is 74.5 Å². The molecule has 242 valence electrons. The number of pyridine rings is 1. The van der Waals surface area contributed by atoms with Crippen molar-refractivity contribution in [1.29, 1.82) is 0 Å². The van der Waals surface area contributed by atoms with E-state index >= 15 is 4.39 Å². The van der Waals surface area contributed by atoms with Crippen molar-refractivity contribution in [3.05, 3.63) is 46.4 Å². The smallest absolute Gasteiger partial charge is 0.325 e. The fourth-order valence-corrected chi connectivity index (χ4v) is 6.72. The van der Waals surface area contributed by atoms with Crippen LogP contribution < -0.4 is 14.8 Å². The average Bonchev–Trinajstić information content (AvgIpc) is 3.46. The molecule has 1 aromatic carbocycles. The minimum atomic E-state index is -1.04. The monoisotopic (exact) mass is 613 g/mol. The van der Waals surface area contributed by atoms with Crippen LogP contribution in [-0.2, 0) is 27.1 Å². The Hall–Kier alpha value is -2.95. The maximum atomic E-state index is 15.3. The molecule has 5 rings (SSSR count). The first-order chi connectivity index (χ1) is 21.2. The van der Waals surface area contributed by atoms with Crippen LogP contribution in [0.15, 0.2) is 18.2 Å². The van der Waals surface area contributed by atoms with Crippen LogP contribution in [0, 0.1) is 11.2 Å². The molecule has 2 N–H and O–H groups in total. The lowest BCUT2D eigenvalue weighted by molar-refractivity contribution is -0.143. The second-order valence-corrected chi connectivity index (χ2v) is 13.1. The molecule has 10 heteroatoms. The molecule has 2 saturated heterocycles. The number of carboxylic acid groups (broad SMARTS) is 1. The molecule has 0 amide bonds. The van der Waals surface area contributed by atoms with E-state index in [1.165, 1.54) is 18.7 Å². The summed E-state index contributed by atoms with van der Waals surface area (Å²) in [6.45, 7) is 7.45. The number of halogens is 1. The third-order valence-electron chi connectivity index (χ3n) is 9.18. The van der Waals surface area contributed by atoms with E-state index in [-0.39, 0.29) is 23.4 Å². The second kappa shape index (κ2) is 14.4. The number of benzene rings is 1. The first kappa shape index (κ1) is 32.4. The van der Waals surface area contributed by atoms with Crippen LogP contribution in [0.2, 0.25) is 0 Å². The zero-order chi connectivity index (χ0) is 31.3. The van der Waals surface area contributed by atoms with Crippen molar-refractivity contribution in [3.8, 4) is 11.5 Å². The Labute approximate surface area is 260 Å². The van der Waals surface area contributed by atoms with Crippen LogP contribution in [0.3, 0.4) is 0 Å². The Bertz CT molecular complexity index is 1280. The number of aromatic nitrogens is 1. The number of carboxylic acids is 1. The van der Waals surface area contributed by atoms with Gasteiger partial charge in [-0.15, -0.1) is 0 Å². The number of aliphatic carboxylic acids is 1. The minimum Gasteiger partial charge on any atom is -0.496 e. The fourth-order valence-electron chi connectivity index (χ4n) is 6.72. The topological polar surface area (TPSA) is 102 Å². The Morgan fingerprint density at radius 3 is 2.77 bits per heavy atom. The van der Waals surface area contributed by atoms with E-state index in [1.807, 2.05) is 4.90 Å². The van der Waals surface area contributed by atoms with Crippen molar-refractivity contribution in [2.75, 3.05) is 52.4 Å². The molecule has 4 heterocycles. The lowest BCUT2D eigenvalue weighted by atomic mass is 9.83. The van der Waals surface area contributed by atoms with E-state index in [0.717, 1.165) is 81.6 Å². The number of anilines is 1. The van der Waals surface area contributed by atoms with Gasteiger partial charge in [0.1, 0.15) is 17.6 Å². The molecule has 0 unspecified atom stereocenters. The maximum Gasteiger partial charge on any atom is 0.325 e. The molecule has 2 fully saturated rings. The Kier molecular flexibility index (Phi) is 10.6. The van der Waals surface area contributed by atoms with Gasteiger partial charge in [0.25, 0.3) is 0 Å². The molecule has 0 radical (unpaired) electrons. The van der Waals surface area contributed by atoms with Gasteiger partial charge in [-0.3, -0.25) is 9.69 Å². The third kappa shape index (κ3) is 7.64. The predicted molar refractivity (Wildman–Crippen MR) is 166 cm³/mol. The highest BCUT2D eigenvalue weighted by Crippen LogP contribution is 2.41. The van der Waals surface area contributed by atoms with E-state index in [2.05, 4.69) is 25.2 Å². The molecule has 3 atom stereocenters. The van der Waals surface area contributed by atoms with Crippen molar-refractivity contribution in [2.45, 2.75) is 89.9 Å². The number of nitrogens with one attached hydrogen (secondary N) is 1. The molecule has 0 bridgehead atoms. The molecule has 9 nitrogen and oxygen atoms in total. The van der Waals surface area contributed by atoms with Crippen LogP contribution in [0.5, 0.6) is 11.5 Å². The highest BCUT2D eigenvalue weighted by atomic mass is 19.1. The molecule has 0 saturated carbocycles. The van der Waals surface area contributed by atoms with Crippen LogP contribution in [0.4, 0.5) is 10.2 Å². The highest BCUT2D eigenvalue weighted by molar-refractivity contribution is 5.77. The van der Waals surface area contributed by atoms with Crippen LogP contribution >= 0.6 is 0 Å². The number of hydrogen-bond donors (Lipinski definition) is 2. The van der Waals surface area contributed by atoms with Gasteiger partial charge in [-0.25, -0.2) is 9.37 Å². The summed E-state index contributed by atoms with van der Waals surface area (Å²) in [4.78, 5) is 19.3. The van der Waals surface area contributed by atoms with Gasteiger partial charge in [0.15, 0.2) is 11.6 Å². The SMILES string of the molecule is COc1cc(CCCCCO[C@@H]2CCN([C@@H](C(=O)O)c3cc([C@@H]4CCC(C)(C)CO4)cc(F)c3OC)C2)nc2c1CCCN2. The summed E-state index contributed by atoms with van der Waals surface area (Å²) in [5.74, 6) is 0.256. The van der Waals surface area contributed by atoms with Gasteiger partial charge in [0.05, 0.1) is 33.0 Å². The van der Waals surface area contributed by atoms with Crippen LogP contribution in [0.25, 0.3) is 0 Å². The average molecular weight is 614 g/mol. The summed E-state index contributed by atoms with van der Waals surface area (Å²) >= 11 is 0. The van der Waals surface area contributed by atoms with Crippen molar-refractivity contribution >= 4 is 11.8 Å². The van der Waals surface area contributed by atoms with Gasteiger partial charge in [0, 0.05) is 49.1 Å². The molecule has 3 aliphatic heterocycles. The zero-order valence-corrected chi connectivity index (χ0v) is 26.6. The summed E-state index contributed by atoms with van der Waals surface area (Å²) in [5.41, 5.74) is 3.27. The second-order valence-electron chi connectivity index (χ2n) is 13.1. The zero-order valence-electron chi connectivity index (χ0n) is 26.6. The number of fused-ring (bicyclic) bond motifs is 1. The molecule has 1 aromatic heterocycles. The third-order valence-corrected chi connectivity index (χ3v) is 9.18. The van der Waals surface area contributed by atoms with Crippen molar-refractivity contribution in [1.82, 2.24) is 9.88 Å². The Morgan fingerprint density at radius 1 is 1.20 bits per heavy atom. The van der Waals surface area contributed by atoms with Crippen LogP contribution in [-0.4, -0.2) is 74.1 Å². The van der Waals surface area contributed by atoms with Crippen molar-refractivity contribution in [3.63, 3.8) is 0 Å². The molecule has 2 aromatic rings. The van der Waals surface area contributed by atoms with Crippen molar-refractivity contribution in [2.24, 2.45) is 5.41 Å². The first-order valence-corrected chi connectivity index (χ1v) is 16.1. The first-order valence-electron chi connectivity index (χ1n) is 16.1. The van der Waals surface area contributed by atoms with Gasteiger partial charge in [-0.1, -0.05) is 20.3 Å². The molecule has 0 spiro atoms. The normalized spacial score (nSPS) is 22.2. The molecular weight excluding hydrogens is 565 g/mol. The number of nitrogens with zero attached hydrogens (tertiary/aromatic N) is 2. The number of aryl methyl sites for hydroxylation is 1. The summed E-state index contributed by atoms with van der Waals surface area (Å²) in [5, 5.41) is 13.7. The molecular formula is C34H48FN3O6. The number of likely N-dealkylation sites (tertiary alicyclic amines) is 1.